The summed E-state index contributed by atoms with van der Waals surface area (Å²) in [5.74, 6) is 1.01. The number of hydrogen-bond donors (Lipinski definition) is 0. The van der Waals surface area contributed by atoms with Crippen LogP contribution in [0, 0.1) is 5.82 Å². The van der Waals surface area contributed by atoms with Gasteiger partial charge in [-0.15, -0.1) is 10.2 Å². The molecule has 2 aromatic carbocycles. The van der Waals surface area contributed by atoms with Gasteiger partial charge in [-0.3, -0.25) is 4.79 Å². The number of rotatable bonds is 5. The van der Waals surface area contributed by atoms with E-state index in [1.54, 1.807) is 46.1 Å². The van der Waals surface area contributed by atoms with E-state index in [2.05, 4.69) is 10.2 Å². The Morgan fingerprint density at radius 3 is 2.68 bits per heavy atom. The van der Waals surface area contributed by atoms with Crippen molar-refractivity contribution in [2.45, 2.75) is 11.8 Å². The van der Waals surface area contributed by atoms with E-state index in [1.807, 2.05) is 0 Å². The quantitative estimate of drug-likeness (QED) is 0.656. The van der Waals surface area contributed by atoms with Crippen molar-refractivity contribution in [3.8, 4) is 11.5 Å². The summed E-state index contributed by atoms with van der Waals surface area (Å²) in [5, 5.41) is 10.4. The molecule has 1 amide bonds. The Morgan fingerprint density at radius 1 is 1.14 bits per heavy atom. The lowest BCUT2D eigenvalue weighted by molar-refractivity contribution is 0.0949. The monoisotopic (exact) mass is 400 g/mol. The van der Waals surface area contributed by atoms with Crippen LogP contribution in [-0.4, -0.2) is 40.2 Å². The summed E-state index contributed by atoms with van der Waals surface area (Å²) >= 11 is 1.50. The highest BCUT2D eigenvalue weighted by Gasteiger charge is 2.29. The maximum Gasteiger partial charge on any atom is 0.276 e. The molecule has 1 aliphatic heterocycles. The Morgan fingerprint density at radius 2 is 1.89 bits per heavy atom. The second kappa shape index (κ2) is 7.89. The van der Waals surface area contributed by atoms with Crippen molar-refractivity contribution in [1.29, 1.82) is 0 Å². The number of carbonyl (C=O) groups excluding carboxylic acids is 1. The second-order valence-corrected chi connectivity index (χ2v) is 6.97. The van der Waals surface area contributed by atoms with Crippen molar-refractivity contribution < 1.29 is 18.7 Å². The highest BCUT2D eigenvalue weighted by molar-refractivity contribution is 7.99. The number of aromatic nitrogens is 3. The number of para-hydroxylation sites is 2. The topological polar surface area (TPSA) is 69.5 Å². The van der Waals surface area contributed by atoms with Crippen molar-refractivity contribution in [3.63, 3.8) is 0 Å². The van der Waals surface area contributed by atoms with E-state index in [1.165, 1.54) is 31.0 Å². The van der Waals surface area contributed by atoms with E-state index in [4.69, 9.17) is 9.47 Å². The molecule has 4 rings (SSSR count). The lowest BCUT2D eigenvalue weighted by atomic mass is 10.2. The number of methoxy groups -OCH3 is 1. The van der Waals surface area contributed by atoms with Crippen LogP contribution in [-0.2, 0) is 6.61 Å². The smallest absolute Gasteiger partial charge is 0.276 e. The third-order valence-corrected chi connectivity index (χ3v) is 5.12. The van der Waals surface area contributed by atoms with Gasteiger partial charge in [-0.2, -0.15) is 0 Å². The van der Waals surface area contributed by atoms with Crippen molar-refractivity contribution in [1.82, 2.24) is 14.9 Å². The summed E-state index contributed by atoms with van der Waals surface area (Å²) in [7, 11) is 1.52. The van der Waals surface area contributed by atoms with Gasteiger partial charge in [0, 0.05) is 5.75 Å². The summed E-state index contributed by atoms with van der Waals surface area (Å²) in [6.45, 7) is 0.448. The van der Waals surface area contributed by atoms with Crippen LogP contribution in [0.1, 0.15) is 16.2 Å². The number of amides is 1. The Bertz CT molecular complexity index is 1010. The molecule has 28 heavy (non-hydrogen) atoms. The van der Waals surface area contributed by atoms with Gasteiger partial charge in [-0.05, 0) is 24.3 Å². The second-order valence-electron chi connectivity index (χ2n) is 5.91. The maximum atomic E-state index is 13.8. The predicted molar refractivity (Wildman–Crippen MR) is 102 cm³/mol. The Labute approximate surface area is 165 Å². The van der Waals surface area contributed by atoms with Gasteiger partial charge in [-0.25, -0.2) is 14.1 Å². The molecule has 2 heterocycles. The van der Waals surface area contributed by atoms with Crippen molar-refractivity contribution in [2.24, 2.45) is 0 Å². The van der Waals surface area contributed by atoms with Gasteiger partial charge >= 0.3 is 0 Å². The van der Waals surface area contributed by atoms with Gasteiger partial charge in [0.25, 0.3) is 5.91 Å². The zero-order valence-electron chi connectivity index (χ0n) is 15.0. The molecule has 3 aromatic rings. The molecule has 1 aromatic heterocycles. The Balaban J connectivity index is 1.63. The van der Waals surface area contributed by atoms with Gasteiger partial charge in [0.2, 0.25) is 5.16 Å². The minimum atomic E-state index is -0.461. The van der Waals surface area contributed by atoms with E-state index in [9.17, 15) is 9.18 Å². The number of thioether (sulfide) groups is 1. The maximum absolute atomic E-state index is 13.8. The van der Waals surface area contributed by atoms with E-state index in [-0.39, 0.29) is 18.3 Å². The van der Waals surface area contributed by atoms with Crippen molar-refractivity contribution >= 4 is 17.7 Å². The fraction of sp³-hybridized carbons (Fsp3) is 0.211. The zero-order chi connectivity index (χ0) is 19.5. The van der Waals surface area contributed by atoms with Crippen LogP contribution in [0.4, 0.5) is 4.39 Å². The number of carbonyl (C=O) groups is 1. The number of benzene rings is 2. The average Bonchev–Trinajstić information content (AvgIpc) is 3.16. The van der Waals surface area contributed by atoms with E-state index in [0.29, 0.717) is 34.6 Å². The Hall–Kier alpha value is -3.07. The first-order valence-corrected chi connectivity index (χ1v) is 9.57. The molecule has 0 aliphatic carbocycles. The molecule has 0 unspecified atom stereocenters. The minimum absolute atomic E-state index is 0.0236. The third kappa shape index (κ3) is 3.40. The molecule has 9 heteroatoms. The first kappa shape index (κ1) is 18.3. The van der Waals surface area contributed by atoms with E-state index < -0.39 is 5.82 Å². The van der Waals surface area contributed by atoms with Crippen LogP contribution in [0.25, 0.3) is 0 Å². The molecule has 0 radical (unpaired) electrons. The average molecular weight is 400 g/mol. The normalized spacial score (nSPS) is 13.1. The fourth-order valence-corrected chi connectivity index (χ4v) is 3.77. The standard InChI is InChI=1S/C19H17FN4O3S/c1-26-15-8-4-2-6-13(15)18(25)23-10-11-28-19-22-21-17(24(19)23)12-27-16-9-5-3-7-14(16)20/h2-9H,10-12H2,1H3. The summed E-state index contributed by atoms with van der Waals surface area (Å²) in [6, 6.07) is 13.2. The van der Waals surface area contributed by atoms with Crippen molar-refractivity contribution in [3.05, 3.63) is 65.7 Å². The molecular weight excluding hydrogens is 383 g/mol. The lowest BCUT2D eigenvalue weighted by Crippen LogP contribution is -2.45. The van der Waals surface area contributed by atoms with Gasteiger partial charge < -0.3 is 9.47 Å². The highest BCUT2D eigenvalue weighted by Crippen LogP contribution is 2.26. The molecule has 144 valence electrons. The number of nitrogens with zero attached hydrogens (tertiary/aromatic N) is 4. The number of hydrogen-bond acceptors (Lipinski definition) is 6. The fourth-order valence-electron chi connectivity index (χ4n) is 2.90. The van der Waals surface area contributed by atoms with Gasteiger partial charge in [0.05, 0.1) is 19.2 Å². The molecule has 0 atom stereocenters. The van der Waals surface area contributed by atoms with Crippen LogP contribution in [0.2, 0.25) is 0 Å². The number of ether oxygens (including phenoxy) is 2. The minimum Gasteiger partial charge on any atom is -0.496 e. The predicted octanol–water partition coefficient (Wildman–Crippen LogP) is 2.89. The first-order chi connectivity index (χ1) is 13.7. The molecule has 7 nitrogen and oxygen atoms in total. The highest BCUT2D eigenvalue weighted by atomic mass is 32.2. The third-order valence-electron chi connectivity index (χ3n) is 4.22. The Kier molecular flexibility index (Phi) is 5.16. The zero-order valence-corrected chi connectivity index (χ0v) is 15.9. The molecule has 0 fully saturated rings. The van der Waals surface area contributed by atoms with Crippen LogP contribution in [0.3, 0.4) is 0 Å². The van der Waals surface area contributed by atoms with E-state index in [0.717, 1.165) is 0 Å². The molecule has 0 bridgehead atoms. The summed E-state index contributed by atoms with van der Waals surface area (Å²) in [6.07, 6.45) is 0. The molecule has 0 N–H and O–H groups in total. The first-order valence-electron chi connectivity index (χ1n) is 8.58. The number of fused-ring (bicyclic) bond motifs is 1. The molecular formula is C19H17FN4O3S. The summed E-state index contributed by atoms with van der Waals surface area (Å²) in [5.41, 5.74) is 0.442. The van der Waals surface area contributed by atoms with Crippen LogP contribution >= 0.6 is 11.8 Å². The van der Waals surface area contributed by atoms with Crippen LogP contribution < -0.4 is 14.5 Å². The lowest BCUT2D eigenvalue weighted by Gasteiger charge is -2.29. The molecule has 0 saturated heterocycles. The largest absolute Gasteiger partial charge is 0.496 e. The van der Waals surface area contributed by atoms with Crippen LogP contribution in [0.5, 0.6) is 11.5 Å². The van der Waals surface area contributed by atoms with Gasteiger partial charge in [0.1, 0.15) is 12.4 Å². The summed E-state index contributed by atoms with van der Waals surface area (Å²) < 4.78 is 26.3. The molecule has 1 aliphatic rings. The summed E-state index contributed by atoms with van der Waals surface area (Å²) in [4.78, 5) is 13.2. The number of halogens is 1. The molecule has 0 saturated carbocycles. The SMILES string of the molecule is COc1ccccc1C(=O)N1CCSc2nnc(COc3ccccc3F)n21. The van der Waals surface area contributed by atoms with E-state index >= 15 is 0 Å². The van der Waals surface area contributed by atoms with Crippen molar-refractivity contribution in [2.75, 3.05) is 24.4 Å². The van der Waals surface area contributed by atoms with Gasteiger partial charge in [-0.1, -0.05) is 36.0 Å². The van der Waals surface area contributed by atoms with Gasteiger partial charge in [0.15, 0.2) is 17.4 Å². The van der Waals surface area contributed by atoms with Crippen LogP contribution in [0.15, 0.2) is 53.7 Å². The molecule has 0 spiro atoms.